The molecule has 1 fully saturated rings. The van der Waals surface area contributed by atoms with Crippen LogP contribution in [-0.4, -0.2) is 38.4 Å². The van der Waals surface area contributed by atoms with Gasteiger partial charge in [-0.15, -0.1) is 0 Å². The van der Waals surface area contributed by atoms with Crippen molar-refractivity contribution in [1.29, 1.82) is 0 Å². The smallest absolute Gasteiger partial charge is 0.310 e. The molecule has 4 aromatic carbocycles. The van der Waals surface area contributed by atoms with Gasteiger partial charge in [0.2, 0.25) is 0 Å². The van der Waals surface area contributed by atoms with Crippen LogP contribution in [0, 0.1) is 23.7 Å². The van der Waals surface area contributed by atoms with Crippen molar-refractivity contribution in [3.63, 3.8) is 0 Å². The van der Waals surface area contributed by atoms with Gasteiger partial charge in [-0.2, -0.15) is 20.5 Å². The zero-order valence-electron chi connectivity index (χ0n) is 44.4. The number of azo groups is 2. The highest BCUT2D eigenvalue weighted by Gasteiger charge is 2.53. The average molecular weight is 995 g/mol. The van der Waals surface area contributed by atoms with E-state index in [1.807, 2.05) is 72.8 Å². The molecule has 6 rings (SSSR count). The predicted octanol–water partition coefficient (Wildman–Crippen LogP) is 18.2. The summed E-state index contributed by atoms with van der Waals surface area (Å²) in [7, 11) is 0. The number of fused-ring (bicyclic) bond motifs is 2. The minimum absolute atomic E-state index is 0.0765. The first-order valence-corrected chi connectivity index (χ1v) is 28.5. The number of carbonyl (C=O) groups is 2. The van der Waals surface area contributed by atoms with E-state index >= 15 is 0 Å². The van der Waals surface area contributed by atoms with Crippen LogP contribution in [0.5, 0.6) is 11.5 Å². The van der Waals surface area contributed by atoms with Gasteiger partial charge in [-0.25, -0.2) is 0 Å². The number of aryl methyl sites for hydroxylation is 2. The molecule has 73 heavy (non-hydrogen) atoms. The molecule has 0 N–H and O–H groups in total. The van der Waals surface area contributed by atoms with Crippen molar-refractivity contribution in [3.8, 4) is 11.5 Å². The summed E-state index contributed by atoms with van der Waals surface area (Å²) in [6.07, 6.45) is 32.3. The molecule has 0 radical (unpaired) electrons. The average Bonchev–Trinajstić information content (AvgIpc) is 4.05. The largest absolute Gasteiger partial charge is 0.494 e. The van der Waals surface area contributed by atoms with Gasteiger partial charge in [0.1, 0.15) is 11.5 Å². The van der Waals surface area contributed by atoms with Crippen LogP contribution in [0.15, 0.2) is 130 Å². The van der Waals surface area contributed by atoms with Crippen molar-refractivity contribution in [2.75, 3.05) is 26.4 Å². The first-order chi connectivity index (χ1) is 36.0. The van der Waals surface area contributed by atoms with Gasteiger partial charge >= 0.3 is 11.9 Å². The summed E-state index contributed by atoms with van der Waals surface area (Å²) in [6, 6.07) is 32.4. The number of hydrogen-bond acceptors (Lipinski definition) is 10. The van der Waals surface area contributed by atoms with Crippen LogP contribution >= 0.6 is 0 Å². The summed E-state index contributed by atoms with van der Waals surface area (Å²) in [5.74, 6) is 0.571. The SMILES string of the molecule is CCCCCc1ccc(N=Nc2ccc(OCCCCCCCCCCOC(=O)C3C4C=CC(C4)C3C(=O)OCCCCCCCCCCOc3ccc(N=Nc4ccc(CCCCC)cc4)cc3)cc2)cc1. The first kappa shape index (κ1) is 56.7. The fourth-order valence-corrected chi connectivity index (χ4v) is 9.98. The van der Waals surface area contributed by atoms with E-state index in [0.717, 1.165) is 118 Å². The molecular weight excluding hydrogens is 909 g/mol. The molecular formula is C63H86N4O6. The van der Waals surface area contributed by atoms with E-state index in [4.69, 9.17) is 18.9 Å². The van der Waals surface area contributed by atoms with Crippen LogP contribution in [0.4, 0.5) is 22.7 Å². The molecule has 0 heterocycles. The zero-order chi connectivity index (χ0) is 51.0. The lowest BCUT2D eigenvalue weighted by molar-refractivity contribution is -0.161. The molecule has 2 bridgehead atoms. The number of rotatable bonds is 38. The van der Waals surface area contributed by atoms with E-state index in [9.17, 15) is 9.59 Å². The van der Waals surface area contributed by atoms with Crippen LogP contribution in [0.2, 0.25) is 0 Å². The first-order valence-electron chi connectivity index (χ1n) is 28.5. The highest BCUT2D eigenvalue weighted by atomic mass is 16.5. The van der Waals surface area contributed by atoms with Gasteiger partial charge in [-0.1, -0.05) is 153 Å². The Labute approximate surface area is 438 Å². The van der Waals surface area contributed by atoms with E-state index in [1.54, 1.807) is 0 Å². The molecule has 0 aromatic heterocycles. The number of hydrogen-bond donors (Lipinski definition) is 0. The number of carbonyl (C=O) groups excluding carboxylic acids is 2. The number of unbranched alkanes of at least 4 members (excludes halogenated alkanes) is 18. The lowest BCUT2D eigenvalue weighted by Crippen LogP contribution is -2.35. The van der Waals surface area contributed by atoms with E-state index < -0.39 is 11.8 Å². The Bertz CT molecular complexity index is 2070. The molecule has 1 saturated carbocycles. The fraction of sp³-hybridized carbons (Fsp3) is 0.556. The Morgan fingerprint density at radius 2 is 0.685 bits per heavy atom. The summed E-state index contributed by atoms with van der Waals surface area (Å²) < 4.78 is 23.5. The molecule has 394 valence electrons. The third-order valence-corrected chi connectivity index (χ3v) is 14.4. The standard InChI is InChI=1S/C63H86N4O6/c1-3-5-19-25-50-27-33-54(34-28-50)64-66-56-37-41-58(42-38-56)70-45-21-15-11-7-9-13-17-23-47-72-62(68)60-52-31-32-53(49-52)61(60)63(69)73-48-24-18-14-10-8-12-16-22-46-71-59-43-39-57(40-44-59)67-65-55-35-29-51(30-36-55)26-20-6-4-2/h27-44,52-53,60-61H,3-26,45-49H2,1-2H3. The third kappa shape index (κ3) is 21.4. The van der Waals surface area contributed by atoms with Crippen molar-refractivity contribution in [2.45, 2.75) is 174 Å². The molecule has 4 atom stereocenters. The Morgan fingerprint density at radius 3 is 1.01 bits per heavy atom. The normalized spacial score (nSPS) is 17.0. The molecule has 10 nitrogen and oxygen atoms in total. The predicted molar refractivity (Wildman–Crippen MR) is 295 cm³/mol. The highest BCUT2D eigenvalue weighted by molar-refractivity contribution is 5.84. The molecule has 4 unspecified atom stereocenters. The molecule has 0 aliphatic heterocycles. The maximum absolute atomic E-state index is 13.3. The summed E-state index contributed by atoms with van der Waals surface area (Å²) in [5.41, 5.74) is 6.05. The molecule has 0 spiro atoms. The van der Waals surface area contributed by atoms with Crippen molar-refractivity contribution in [2.24, 2.45) is 44.1 Å². The lowest BCUT2D eigenvalue weighted by Gasteiger charge is -2.25. The van der Waals surface area contributed by atoms with E-state index in [1.165, 1.54) is 88.2 Å². The van der Waals surface area contributed by atoms with Gasteiger partial charge in [0.15, 0.2) is 0 Å². The van der Waals surface area contributed by atoms with Crippen molar-refractivity contribution >= 4 is 34.7 Å². The van der Waals surface area contributed by atoms with Gasteiger partial charge in [0, 0.05) is 0 Å². The summed E-state index contributed by atoms with van der Waals surface area (Å²) >= 11 is 0. The Morgan fingerprint density at radius 1 is 0.384 bits per heavy atom. The van der Waals surface area contributed by atoms with Crippen molar-refractivity contribution in [3.05, 3.63) is 120 Å². The minimum Gasteiger partial charge on any atom is -0.494 e. The Balaban J connectivity index is 0.710. The van der Waals surface area contributed by atoms with Gasteiger partial charge in [0.05, 0.1) is 61.0 Å². The van der Waals surface area contributed by atoms with Crippen LogP contribution in [-0.2, 0) is 31.9 Å². The fourth-order valence-electron chi connectivity index (χ4n) is 9.98. The molecule has 2 aliphatic rings. The highest BCUT2D eigenvalue weighted by Crippen LogP contribution is 2.49. The van der Waals surface area contributed by atoms with E-state index in [2.05, 4.69) is 70.7 Å². The van der Waals surface area contributed by atoms with Crippen LogP contribution in [0.25, 0.3) is 0 Å². The number of ether oxygens (including phenoxy) is 4. The maximum Gasteiger partial charge on any atom is 0.310 e. The molecule has 2 aliphatic carbocycles. The summed E-state index contributed by atoms with van der Waals surface area (Å²) in [6.45, 7) is 6.70. The quantitative estimate of drug-likeness (QED) is 0.0191. The number of nitrogens with zero attached hydrogens (tertiary/aromatic N) is 4. The minimum atomic E-state index is -0.418. The van der Waals surface area contributed by atoms with Crippen LogP contribution in [0.3, 0.4) is 0 Å². The topological polar surface area (TPSA) is 121 Å². The third-order valence-electron chi connectivity index (χ3n) is 14.4. The Kier molecular flexibility index (Phi) is 26.4. The molecule has 10 heteroatoms. The molecule has 0 saturated heterocycles. The van der Waals surface area contributed by atoms with E-state index in [-0.39, 0.29) is 23.8 Å². The zero-order valence-corrected chi connectivity index (χ0v) is 44.4. The number of benzene rings is 4. The summed E-state index contributed by atoms with van der Waals surface area (Å²) in [5, 5.41) is 17.6. The van der Waals surface area contributed by atoms with Crippen LogP contribution in [0.1, 0.15) is 173 Å². The summed E-state index contributed by atoms with van der Waals surface area (Å²) in [4.78, 5) is 26.5. The maximum atomic E-state index is 13.3. The van der Waals surface area contributed by atoms with Gasteiger partial charge in [0.25, 0.3) is 0 Å². The van der Waals surface area contributed by atoms with Gasteiger partial charge in [-0.05, 0) is 154 Å². The second kappa shape index (κ2) is 34.0. The van der Waals surface area contributed by atoms with Gasteiger partial charge in [-0.3, -0.25) is 9.59 Å². The monoisotopic (exact) mass is 995 g/mol. The number of allylic oxidation sites excluding steroid dienone is 2. The van der Waals surface area contributed by atoms with Crippen LogP contribution < -0.4 is 9.47 Å². The second-order valence-electron chi connectivity index (χ2n) is 20.3. The Hall–Kier alpha value is -5.64. The van der Waals surface area contributed by atoms with Crippen molar-refractivity contribution in [1.82, 2.24) is 0 Å². The van der Waals surface area contributed by atoms with E-state index in [0.29, 0.717) is 26.4 Å². The molecule has 4 aromatic rings. The van der Waals surface area contributed by atoms with Crippen molar-refractivity contribution < 1.29 is 28.5 Å². The van der Waals surface area contributed by atoms with Gasteiger partial charge < -0.3 is 18.9 Å². The number of esters is 2. The lowest BCUT2D eigenvalue weighted by atomic mass is 9.83. The molecule has 0 amide bonds. The second-order valence-corrected chi connectivity index (χ2v) is 20.3.